The number of Topliss-reactive ketones (excluding diaryl/α,β-unsaturated/α-hetero) is 1. The van der Waals surface area contributed by atoms with E-state index in [-0.39, 0.29) is 35.1 Å². The van der Waals surface area contributed by atoms with E-state index in [1.165, 1.54) is 24.0 Å². The van der Waals surface area contributed by atoms with Crippen LogP contribution in [-0.4, -0.2) is 28.3 Å². The van der Waals surface area contributed by atoms with Gasteiger partial charge in [0, 0.05) is 23.2 Å². The molecular weight excluding hydrogens is 461 g/mol. The summed E-state index contributed by atoms with van der Waals surface area (Å²) in [5.74, 6) is -1.77. The van der Waals surface area contributed by atoms with Crippen LogP contribution < -0.4 is 4.90 Å². The van der Waals surface area contributed by atoms with Gasteiger partial charge in [-0.2, -0.15) is 0 Å². The smallest absolute Gasteiger partial charge is 0.329 e. The van der Waals surface area contributed by atoms with Gasteiger partial charge < -0.3 is 5.11 Å². The van der Waals surface area contributed by atoms with Crippen LogP contribution in [0.5, 0.6) is 0 Å². The lowest BCUT2D eigenvalue weighted by Crippen LogP contribution is -2.55. The van der Waals surface area contributed by atoms with E-state index in [4.69, 9.17) is 23.2 Å². The molecule has 1 atom stereocenters. The van der Waals surface area contributed by atoms with Crippen LogP contribution in [0.2, 0.25) is 10.0 Å². The summed E-state index contributed by atoms with van der Waals surface area (Å²) in [5, 5.41) is 10.7. The van der Waals surface area contributed by atoms with Gasteiger partial charge in [0.05, 0.1) is 10.0 Å². The molecule has 0 spiro atoms. The second kappa shape index (κ2) is 10.6. The number of benzene rings is 3. The molecular formula is C26H23Cl2NO4. The Morgan fingerprint density at radius 2 is 1.42 bits per heavy atom. The number of ketones is 1. The maximum absolute atomic E-state index is 13.5. The van der Waals surface area contributed by atoms with Gasteiger partial charge in [0.1, 0.15) is 5.54 Å². The lowest BCUT2D eigenvalue weighted by atomic mass is 9.90. The van der Waals surface area contributed by atoms with Crippen LogP contribution in [0.1, 0.15) is 46.9 Å². The minimum atomic E-state index is -1.64. The minimum absolute atomic E-state index is 0.0553. The SMILES string of the molecule is CC(CCCC(=O)c1ccccc1)(C(=O)O)N(C(=O)c1ccccc1)c1ccc(Cl)c(Cl)c1. The molecule has 3 aromatic rings. The monoisotopic (exact) mass is 483 g/mol. The van der Waals surface area contributed by atoms with E-state index < -0.39 is 17.4 Å². The van der Waals surface area contributed by atoms with Gasteiger partial charge in [-0.15, -0.1) is 0 Å². The number of anilines is 1. The third-order valence-electron chi connectivity index (χ3n) is 5.50. The molecule has 0 aliphatic rings. The van der Waals surface area contributed by atoms with Crippen LogP contribution in [0, 0.1) is 0 Å². The molecule has 0 bridgehead atoms. The predicted molar refractivity (Wildman–Crippen MR) is 130 cm³/mol. The van der Waals surface area contributed by atoms with E-state index in [2.05, 4.69) is 0 Å². The highest BCUT2D eigenvalue weighted by Gasteiger charge is 2.43. The number of carbonyl (C=O) groups is 3. The maximum atomic E-state index is 13.5. The van der Waals surface area contributed by atoms with Crippen LogP contribution >= 0.6 is 23.2 Å². The first-order valence-corrected chi connectivity index (χ1v) is 11.2. The Kier molecular flexibility index (Phi) is 7.90. The van der Waals surface area contributed by atoms with Crippen molar-refractivity contribution < 1.29 is 19.5 Å². The van der Waals surface area contributed by atoms with Crippen molar-refractivity contribution in [1.82, 2.24) is 0 Å². The molecule has 3 aromatic carbocycles. The van der Waals surface area contributed by atoms with Crippen LogP contribution in [-0.2, 0) is 4.79 Å². The number of rotatable bonds is 9. The number of carbonyl (C=O) groups excluding carboxylic acids is 2. The van der Waals surface area contributed by atoms with Crippen LogP contribution in [0.4, 0.5) is 5.69 Å². The van der Waals surface area contributed by atoms with Crippen molar-refractivity contribution in [2.75, 3.05) is 4.90 Å². The average Bonchev–Trinajstić information content (AvgIpc) is 2.82. The third kappa shape index (κ3) is 5.62. The molecule has 1 unspecified atom stereocenters. The van der Waals surface area contributed by atoms with Crippen molar-refractivity contribution in [2.45, 2.75) is 31.7 Å². The normalized spacial score (nSPS) is 12.6. The van der Waals surface area contributed by atoms with Gasteiger partial charge in [-0.25, -0.2) is 4.79 Å². The van der Waals surface area contributed by atoms with Gasteiger partial charge in [0.2, 0.25) is 0 Å². The Bertz CT molecular complexity index is 1150. The highest BCUT2D eigenvalue weighted by molar-refractivity contribution is 6.42. The van der Waals surface area contributed by atoms with E-state index in [9.17, 15) is 19.5 Å². The van der Waals surface area contributed by atoms with Gasteiger partial charge in [0.25, 0.3) is 5.91 Å². The highest BCUT2D eigenvalue weighted by Crippen LogP contribution is 2.35. The van der Waals surface area contributed by atoms with Crippen LogP contribution in [0.25, 0.3) is 0 Å². The Balaban J connectivity index is 1.95. The van der Waals surface area contributed by atoms with Crippen LogP contribution in [0.3, 0.4) is 0 Å². The fourth-order valence-corrected chi connectivity index (χ4v) is 3.93. The molecule has 7 heteroatoms. The van der Waals surface area contributed by atoms with Gasteiger partial charge in [0.15, 0.2) is 5.78 Å². The molecule has 0 radical (unpaired) electrons. The van der Waals surface area contributed by atoms with Crippen molar-refractivity contribution in [3.63, 3.8) is 0 Å². The zero-order valence-corrected chi connectivity index (χ0v) is 19.5. The lowest BCUT2D eigenvalue weighted by Gasteiger charge is -2.38. The van der Waals surface area contributed by atoms with Crippen molar-refractivity contribution in [3.8, 4) is 0 Å². The molecule has 5 nitrogen and oxygen atoms in total. The summed E-state index contributed by atoms with van der Waals surface area (Å²) >= 11 is 12.2. The Hall–Kier alpha value is -3.15. The standard InChI is InChI=1S/C26H23Cl2NO4/c1-26(25(32)33,16-8-13-23(30)18-9-4-2-5-10-18)29(20-14-15-21(27)22(28)17-20)24(31)19-11-6-3-7-12-19/h2-7,9-12,14-15,17H,8,13,16H2,1H3,(H,32,33). The Morgan fingerprint density at radius 1 is 0.848 bits per heavy atom. The van der Waals surface area contributed by atoms with Crippen molar-refractivity contribution in [1.29, 1.82) is 0 Å². The van der Waals surface area contributed by atoms with Gasteiger partial charge in [-0.1, -0.05) is 71.7 Å². The quantitative estimate of drug-likeness (QED) is 0.350. The molecule has 33 heavy (non-hydrogen) atoms. The van der Waals surface area contributed by atoms with Gasteiger partial charge in [-0.05, 0) is 50.1 Å². The summed E-state index contributed by atoms with van der Waals surface area (Å²) in [6.07, 6.45) is 0.484. The molecule has 0 aromatic heterocycles. The molecule has 0 aliphatic carbocycles. The summed E-state index contributed by atoms with van der Waals surface area (Å²) < 4.78 is 0. The molecule has 0 saturated heterocycles. The van der Waals surface area contributed by atoms with E-state index >= 15 is 0 Å². The lowest BCUT2D eigenvalue weighted by molar-refractivity contribution is -0.142. The summed E-state index contributed by atoms with van der Waals surface area (Å²) in [6.45, 7) is 1.48. The first-order valence-electron chi connectivity index (χ1n) is 10.4. The molecule has 1 N–H and O–H groups in total. The topological polar surface area (TPSA) is 74.7 Å². The van der Waals surface area contributed by atoms with Crippen molar-refractivity contribution in [3.05, 3.63) is 100 Å². The van der Waals surface area contributed by atoms with Crippen LogP contribution in [0.15, 0.2) is 78.9 Å². The van der Waals surface area contributed by atoms with Gasteiger partial charge >= 0.3 is 5.97 Å². The number of carboxylic acids is 1. The van der Waals surface area contributed by atoms with Gasteiger partial charge in [-0.3, -0.25) is 14.5 Å². The van der Waals surface area contributed by atoms with E-state index in [0.29, 0.717) is 16.8 Å². The Morgan fingerprint density at radius 3 is 1.97 bits per heavy atom. The number of hydrogen-bond acceptors (Lipinski definition) is 3. The van der Waals surface area contributed by atoms with Crippen molar-refractivity contribution >= 4 is 46.5 Å². The van der Waals surface area contributed by atoms with E-state index in [1.54, 1.807) is 60.7 Å². The molecule has 170 valence electrons. The molecule has 1 amide bonds. The average molecular weight is 484 g/mol. The summed E-state index contributed by atoms with van der Waals surface area (Å²) in [7, 11) is 0. The maximum Gasteiger partial charge on any atom is 0.329 e. The second-order valence-electron chi connectivity index (χ2n) is 7.83. The summed E-state index contributed by atoms with van der Waals surface area (Å²) in [4.78, 5) is 39.8. The predicted octanol–water partition coefficient (Wildman–Crippen LogP) is 6.54. The van der Waals surface area contributed by atoms with Crippen molar-refractivity contribution in [2.24, 2.45) is 0 Å². The summed E-state index contributed by atoms with van der Waals surface area (Å²) in [6, 6.07) is 21.8. The molecule has 0 aliphatic heterocycles. The molecule has 0 heterocycles. The number of hydrogen-bond donors (Lipinski definition) is 1. The first-order chi connectivity index (χ1) is 15.7. The zero-order chi connectivity index (χ0) is 24.0. The fraction of sp³-hybridized carbons (Fsp3) is 0.192. The molecule has 3 rings (SSSR count). The van der Waals surface area contributed by atoms with E-state index in [1.807, 2.05) is 6.07 Å². The van der Waals surface area contributed by atoms with E-state index in [0.717, 1.165) is 0 Å². The zero-order valence-electron chi connectivity index (χ0n) is 18.0. The number of nitrogens with zero attached hydrogens (tertiary/aromatic N) is 1. The highest BCUT2D eigenvalue weighted by atomic mass is 35.5. The summed E-state index contributed by atoms with van der Waals surface area (Å²) in [5.41, 5.74) is -0.439. The first kappa shape index (κ1) is 24.5. The second-order valence-corrected chi connectivity index (χ2v) is 8.64. The molecule has 0 saturated carbocycles. The number of amides is 1. The minimum Gasteiger partial charge on any atom is -0.479 e. The Labute approximate surface area is 202 Å². The number of carboxylic acid groups (broad SMARTS) is 1. The third-order valence-corrected chi connectivity index (χ3v) is 6.24. The molecule has 0 fully saturated rings. The fourth-order valence-electron chi connectivity index (χ4n) is 3.64. The number of aliphatic carboxylic acids is 1. The largest absolute Gasteiger partial charge is 0.479 e. The number of halogens is 2.